The lowest BCUT2D eigenvalue weighted by Gasteiger charge is -2.22. The number of aliphatic hydroxyl groups is 1. The fraction of sp³-hybridized carbons (Fsp3) is 0.636. The number of aryl methyl sites for hydroxylation is 1. The summed E-state index contributed by atoms with van der Waals surface area (Å²) in [4.78, 5) is 1.88. The fourth-order valence-corrected chi connectivity index (χ4v) is 1.68. The lowest BCUT2D eigenvalue weighted by molar-refractivity contribution is 0.201. The summed E-state index contributed by atoms with van der Waals surface area (Å²) < 4.78 is 0. The van der Waals surface area contributed by atoms with Crippen molar-refractivity contribution < 1.29 is 5.11 Å². The van der Waals surface area contributed by atoms with Crippen LogP contribution < -0.4 is 10.6 Å². The predicted octanol–water partition coefficient (Wildman–Crippen LogP) is 0.369. The minimum Gasteiger partial charge on any atom is -0.392 e. The van der Waals surface area contributed by atoms with Crippen molar-refractivity contribution in [2.24, 2.45) is 5.73 Å². The van der Waals surface area contributed by atoms with Crippen LogP contribution in [0.4, 0.5) is 5.82 Å². The zero-order valence-corrected chi connectivity index (χ0v) is 10.4. The van der Waals surface area contributed by atoms with Gasteiger partial charge in [0.2, 0.25) is 0 Å². The number of aliphatic hydroxyl groups excluding tert-OH is 1. The first kappa shape index (κ1) is 12.9. The SMILES string of the molecule is Cc1nnc(N(C)CC(C)O)c(CN)c1C. The minimum absolute atomic E-state index is 0.404. The number of likely N-dealkylation sites (N-methyl/N-ethyl adjacent to an activating group) is 1. The maximum absolute atomic E-state index is 9.35. The molecule has 0 aliphatic heterocycles. The van der Waals surface area contributed by atoms with Crippen LogP contribution in [0.15, 0.2) is 0 Å². The molecule has 0 aromatic carbocycles. The Hall–Kier alpha value is -1.20. The molecule has 1 aromatic heterocycles. The molecule has 0 spiro atoms. The van der Waals surface area contributed by atoms with Crippen LogP contribution >= 0.6 is 0 Å². The van der Waals surface area contributed by atoms with Gasteiger partial charge in [-0.15, -0.1) is 5.10 Å². The number of anilines is 1. The Bertz CT molecular complexity index is 365. The van der Waals surface area contributed by atoms with Crippen molar-refractivity contribution in [3.05, 3.63) is 16.8 Å². The van der Waals surface area contributed by atoms with E-state index in [4.69, 9.17) is 5.73 Å². The molecule has 0 radical (unpaired) electrons. The lowest BCUT2D eigenvalue weighted by Crippen LogP contribution is -2.29. The summed E-state index contributed by atoms with van der Waals surface area (Å²) in [5.74, 6) is 0.756. The van der Waals surface area contributed by atoms with Gasteiger partial charge in [-0.25, -0.2) is 0 Å². The third-order valence-corrected chi connectivity index (χ3v) is 2.66. The monoisotopic (exact) mass is 224 g/mol. The lowest BCUT2D eigenvalue weighted by atomic mass is 10.1. The summed E-state index contributed by atoms with van der Waals surface area (Å²) >= 11 is 0. The third-order valence-electron chi connectivity index (χ3n) is 2.66. The average molecular weight is 224 g/mol. The molecule has 0 aliphatic carbocycles. The Balaban J connectivity index is 3.08. The van der Waals surface area contributed by atoms with Gasteiger partial charge in [-0.05, 0) is 26.3 Å². The molecule has 16 heavy (non-hydrogen) atoms. The molecule has 90 valence electrons. The molecular weight excluding hydrogens is 204 g/mol. The van der Waals surface area contributed by atoms with E-state index in [2.05, 4.69) is 10.2 Å². The van der Waals surface area contributed by atoms with Crippen molar-refractivity contribution >= 4 is 5.82 Å². The molecule has 1 aromatic rings. The molecule has 1 atom stereocenters. The van der Waals surface area contributed by atoms with E-state index < -0.39 is 6.10 Å². The van der Waals surface area contributed by atoms with E-state index >= 15 is 0 Å². The van der Waals surface area contributed by atoms with Crippen LogP contribution in [0.2, 0.25) is 0 Å². The molecule has 0 aliphatic rings. The quantitative estimate of drug-likeness (QED) is 0.773. The van der Waals surface area contributed by atoms with Crippen LogP contribution in [0.5, 0.6) is 0 Å². The van der Waals surface area contributed by atoms with Crippen LogP contribution in [-0.4, -0.2) is 35.0 Å². The van der Waals surface area contributed by atoms with Gasteiger partial charge >= 0.3 is 0 Å². The van der Waals surface area contributed by atoms with E-state index in [0.29, 0.717) is 13.1 Å². The van der Waals surface area contributed by atoms with Gasteiger partial charge in [0.25, 0.3) is 0 Å². The van der Waals surface area contributed by atoms with Crippen LogP contribution in [0.1, 0.15) is 23.7 Å². The maximum Gasteiger partial charge on any atom is 0.155 e. The van der Waals surface area contributed by atoms with E-state index in [9.17, 15) is 5.11 Å². The first-order valence-electron chi connectivity index (χ1n) is 5.39. The highest BCUT2D eigenvalue weighted by Crippen LogP contribution is 2.20. The standard InChI is InChI=1S/C11H20N4O/c1-7(16)6-15(4)11-10(5-12)8(2)9(3)13-14-11/h7,16H,5-6,12H2,1-4H3. The normalized spacial score (nSPS) is 12.6. The second-order valence-electron chi connectivity index (χ2n) is 4.15. The van der Waals surface area contributed by atoms with Crippen molar-refractivity contribution in [1.29, 1.82) is 0 Å². The van der Waals surface area contributed by atoms with Crippen LogP contribution in [-0.2, 0) is 6.54 Å². The minimum atomic E-state index is -0.404. The van der Waals surface area contributed by atoms with Gasteiger partial charge in [-0.3, -0.25) is 0 Å². The molecule has 5 nitrogen and oxygen atoms in total. The Morgan fingerprint density at radius 3 is 2.50 bits per heavy atom. The van der Waals surface area contributed by atoms with Crippen LogP contribution in [0, 0.1) is 13.8 Å². The maximum atomic E-state index is 9.35. The Morgan fingerprint density at radius 2 is 2.00 bits per heavy atom. The Labute approximate surface area is 96.3 Å². The second kappa shape index (κ2) is 5.23. The topological polar surface area (TPSA) is 75.3 Å². The smallest absolute Gasteiger partial charge is 0.155 e. The average Bonchev–Trinajstić information content (AvgIpc) is 2.20. The second-order valence-corrected chi connectivity index (χ2v) is 4.15. The van der Waals surface area contributed by atoms with E-state index in [0.717, 1.165) is 22.6 Å². The van der Waals surface area contributed by atoms with Crippen molar-refractivity contribution in [3.8, 4) is 0 Å². The molecule has 0 saturated carbocycles. The summed E-state index contributed by atoms with van der Waals surface area (Å²) in [5.41, 5.74) is 8.70. The molecule has 1 unspecified atom stereocenters. The summed E-state index contributed by atoms with van der Waals surface area (Å²) in [6, 6.07) is 0. The van der Waals surface area contributed by atoms with Gasteiger partial charge in [0, 0.05) is 25.7 Å². The van der Waals surface area contributed by atoms with Gasteiger partial charge < -0.3 is 15.7 Å². The fourth-order valence-electron chi connectivity index (χ4n) is 1.68. The highest BCUT2D eigenvalue weighted by molar-refractivity contribution is 5.50. The van der Waals surface area contributed by atoms with E-state index in [-0.39, 0.29) is 0 Å². The summed E-state index contributed by atoms with van der Waals surface area (Å²) in [7, 11) is 1.88. The number of aromatic nitrogens is 2. The van der Waals surface area contributed by atoms with Crippen molar-refractivity contribution in [2.75, 3.05) is 18.5 Å². The third kappa shape index (κ3) is 2.68. The molecule has 1 heterocycles. The van der Waals surface area contributed by atoms with Gasteiger partial charge in [-0.1, -0.05) is 0 Å². The zero-order chi connectivity index (χ0) is 12.3. The first-order chi connectivity index (χ1) is 7.47. The molecule has 0 bridgehead atoms. The highest BCUT2D eigenvalue weighted by atomic mass is 16.3. The number of hydrogen-bond acceptors (Lipinski definition) is 5. The van der Waals surface area contributed by atoms with E-state index in [1.807, 2.05) is 25.8 Å². The molecular formula is C11H20N4O. The number of hydrogen-bond donors (Lipinski definition) is 2. The van der Waals surface area contributed by atoms with Gasteiger partial charge in [0.05, 0.1) is 11.8 Å². The van der Waals surface area contributed by atoms with Crippen molar-refractivity contribution in [1.82, 2.24) is 10.2 Å². The summed E-state index contributed by atoms with van der Waals surface area (Å²) in [5, 5.41) is 17.6. The first-order valence-corrected chi connectivity index (χ1v) is 5.39. The summed E-state index contributed by atoms with van der Waals surface area (Å²) in [6.45, 7) is 6.60. The van der Waals surface area contributed by atoms with E-state index in [1.165, 1.54) is 0 Å². The van der Waals surface area contributed by atoms with Crippen molar-refractivity contribution in [2.45, 2.75) is 33.4 Å². The molecule has 0 fully saturated rings. The number of nitrogens with two attached hydrogens (primary N) is 1. The van der Waals surface area contributed by atoms with Gasteiger partial charge in [0.15, 0.2) is 5.82 Å². The number of rotatable bonds is 4. The molecule has 5 heteroatoms. The molecule has 0 amide bonds. The van der Waals surface area contributed by atoms with Crippen LogP contribution in [0.3, 0.4) is 0 Å². The van der Waals surface area contributed by atoms with E-state index in [1.54, 1.807) is 6.92 Å². The molecule has 3 N–H and O–H groups in total. The highest BCUT2D eigenvalue weighted by Gasteiger charge is 2.14. The Morgan fingerprint density at radius 1 is 1.38 bits per heavy atom. The molecule has 1 rings (SSSR count). The molecule has 0 saturated heterocycles. The largest absolute Gasteiger partial charge is 0.392 e. The van der Waals surface area contributed by atoms with Gasteiger partial charge in [-0.2, -0.15) is 5.10 Å². The zero-order valence-electron chi connectivity index (χ0n) is 10.4. The van der Waals surface area contributed by atoms with Crippen molar-refractivity contribution in [3.63, 3.8) is 0 Å². The van der Waals surface area contributed by atoms with Gasteiger partial charge in [0.1, 0.15) is 0 Å². The Kier molecular flexibility index (Phi) is 4.20. The van der Waals surface area contributed by atoms with Crippen LogP contribution in [0.25, 0.3) is 0 Å². The predicted molar refractivity (Wildman–Crippen MR) is 64.3 cm³/mol. The number of nitrogens with zero attached hydrogens (tertiary/aromatic N) is 3. The summed E-state index contributed by atoms with van der Waals surface area (Å²) in [6.07, 6.45) is -0.404.